The van der Waals surface area contributed by atoms with Crippen LogP contribution in [-0.2, 0) is 11.8 Å². The molecule has 2 heterocycles. The van der Waals surface area contributed by atoms with Crippen LogP contribution in [0, 0.1) is 11.7 Å². The van der Waals surface area contributed by atoms with E-state index in [4.69, 9.17) is 0 Å². The van der Waals surface area contributed by atoms with Crippen LogP contribution >= 0.6 is 0 Å². The maximum Gasteiger partial charge on any atom is 0.387 e. The molecular weight excluding hydrogens is 337 g/mol. The molecule has 1 aromatic heterocycles. The lowest BCUT2D eigenvalue weighted by Crippen LogP contribution is -2.28. The van der Waals surface area contributed by atoms with Crippen molar-refractivity contribution in [2.24, 2.45) is 13.0 Å². The summed E-state index contributed by atoms with van der Waals surface area (Å²) in [4.78, 5) is 12.5. The summed E-state index contributed by atoms with van der Waals surface area (Å²) < 4.78 is 43.8. The average molecular weight is 354 g/mol. The van der Waals surface area contributed by atoms with E-state index in [1.54, 1.807) is 17.9 Å². The van der Waals surface area contributed by atoms with Crippen molar-refractivity contribution in [1.29, 1.82) is 0 Å². The Bertz CT molecular complexity index is 766. The van der Waals surface area contributed by atoms with E-state index in [9.17, 15) is 18.0 Å². The summed E-state index contributed by atoms with van der Waals surface area (Å²) in [6.45, 7) is -1.99. The van der Waals surface area contributed by atoms with E-state index < -0.39 is 18.2 Å². The Balaban J connectivity index is 1.70. The van der Waals surface area contributed by atoms with Gasteiger partial charge in [-0.05, 0) is 17.7 Å². The molecule has 0 unspecified atom stereocenters. The molecule has 1 aliphatic heterocycles. The molecule has 1 aromatic carbocycles. The normalized spacial score (nSPS) is 20.0. The van der Waals surface area contributed by atoms with Crippen molar-refractivity contribution in [2.75, 3.05) is 18.4 Å². The maximum atomic E-state index is 13.7. The number of alkyl halides is 2. The lowest BCUT2D eigenvalue weighted by Gasteiger charge is -2.17. The van der Waals surface area contributed by atoms with E-state index in [2.05, 4.69) is 20.5 Å². The van der Waals surface area contributed by atoms with Gasteiger partial charge >= 0.3 is 6.61 Å². The first-order chi connectivity index (χ1) is 11.9. The number of amides is 1. The number of hydrogen-bond donors (Lipinski definition) is 2. The number of aromatic nitrogens is 2. The first-order valence-corrected chi connectivity index (χ1v) is 7.68. The van der Waals surface area contributed by atoms with Crippen LogP contribution in [0.1, 0.15) is 11.5 Å². The highest BCUT2D eigenvalue weighted by molar-refractivity contribution is 5.93. The smallest absolute Gasteiger partial charge is 0.387 e. The minimum atomic E-state index is -3.11. The van der Waals surface area contributed by atoms with Crippen LogP contribution in [0.4, 0.5) is 18.9 Å². The lowest BCUT2D eigenvalue weighted by atomic mass is 9.90. The molecule has 0 spiro atoms. The van der Waals surface area contributed by atoms with Gasteiger partial charge in [-0.1, -0.05) is 0 Å². The second kappa shape index (κ2) is 7.14. The van der Waals surface area contributed by atoms with E-state index in [0.29, 0.717) is 13.1 Å². The van der Waals surface area contributed by atoms with Gasteiger partial charge in [0.1, 0.15) is 0 Å². The standard InChI is InChI=1S/C16H17F3N4O2/c1-23-8-9(5-21-23)11-6-20-7-12(11)15(24)22-10-2-3-14(13(17)4-10)25-16(18)19/h2-5,8,11-12,16,20H,6-7H2,1H3,(H,22,24)/t11-,12+/m1/s1. The highest BCUT2D eigenvalue weighted by atomic mass is 19.3. The monoisotopic (exact) mass is 354 g/mol. The third-order valence-electron chi connectivity index (χ3n) is 4.12. The summed E-state index contributed by atoms with van der Waals surface area (Å²) in [5.41, 5.74) is 1.13. The van der Waals surface area contributed by atoms with E-state index in [0.717, 1.165) is 17.7 Å². The second-order valence-electron chi connectivity index (χ2n) is 5.83. The summed E-state index contributed by atoms with van der Waals surface area (Å²) in [5.74, 6) is -2.19. The van der Waals surface area contributed by atoms with Gasteiger partial charge in [0.15, 0.2) is 11.6 Å². The number of aryl methyl sites for hydroxylation is 1. The molecule has 3 rings (SSSR count). The van der Waals surface area contributed by atoms with Crippen molar-refractivity contribution >= 4 is 11.6 Å². The minimum absolute atomic E-state index is 0.0417. The predicted molar refractivity (Wildman–Crippen MR) is 84.0 cm³/mol. The predicted octanol–water partition coefficient (Wildman–Crippen LogP) is 2.10. The molecule has 2 aromatic rings. The molecule has 2 atom stereocenters. The summed E-state index contributed by atoms with van der Waals surface area (Å²) in [5, 5.41) is 9.90. The number of anilines is 1. The van der Waals surface area contributed by atoms with Gasteiger partial charge < -0.3 is 15.4 Å². The summed E-state index contributed by atoms with van der Waals surface area (Å²) in [7, 11) is 1.80. The summed E-state index contributed by atoms with van der Waals surface area (Å²) in [6, 6.07) is 3.33. The van der Waals surface area contributed by atoms with E-state index in [1.807, 2.05) is 6.20 Å². The molecule has 0 aliphatic carbocycles. The number of nitrogens with one attached hydrogen (secondary N) is 2. The van der Waals surface area contributed by atoms with Gasteiger partial charge in [-0.15, -0.1) is 0 Å². The van der Waals surface area contributed by atoms with Gasteiger partial charge in [0.25, 0.3) is 0 Å². The molecule has 1 saturated heterocycles. The zero-order chi connectivity index (χ0) is 18.0. The molecule has 134 valence electrons. The van der Waals surface area contributed by atoms with Crippen molar-refractivity contribution in [3.05, 3.63) is 42.0 Å². The molecule has 1 amide bonds. The van der Waals surface area contributed by atoms with Crippen LogP contribution in [0.15, 0.2) is 30.6 Å². The molecule has 2 N–H and O–H groups in total. The van der Waals surface area contributed by atoms with Crippen LogP contribution in [-0.4, -0.2) is 35.4 Å². The minimum Gasteiger partial charge on any atom is -0.432 e. The summed E-state index contributed by atoms with van der Waals surface area (Å²) in [6.07, 6.45) is 3.57. The van der Waals surface area contributed by atoms with Crippen molar-refractivity contribution < 1.29 is 22.7 Å². The topological polar surface area (TPSA) is 68.2 Å². The van der Waals surface area contributed by atoms with Crippen LogP contribution < -0.4 is 15.4 Å². The highest BCUT2D eigenvalue weighted by Crippen LogP contribution is 2.29. The Labute approximate surface area is 142 Å². The third-order valence-corrected chi connectivity index (χ3v) is 4.12. The van der Waals surface area contributed by atoms with Crippen molar-refractivity contribution in [3.63, 3.8) is 0 Å². The third kappa shape index (κ3) is 3.93. The Morgan fingerprint density at radius 1 is 1.44 bits per heavy atom. The van der Waals surface area contributed by atoms with Gasteiger partial charge in [0, 0.05) is 44.0 Å². The zero-order valence-electron chi connectivity index (χ0n) is 13.4. The molecule has 6 nitrogen and oxygen atoms in total. The zero-order valence-corrected chi connectivity index (χ0v) is 13.4. The Morgan fingerprint density at radius 2 is 2.24 bits per heavy atom. The van der Waals surface area contributed by atoms with Crippen molar-refractivity contribution in [1.82, 2.24) is 15.1 Å². The number of carbonyl (C=O) groups excluding carboxylic acids is 1. The lowest BCUT2D eigenvalue weighted by molar-refractivity contribution is -0.119. The van der Waals surface area contributed by atoms with Crippen LogP contribution in [0.2, 0.25) is 0 Å². The quantitative estimate of drug-likeness (QED) is 0.863. The Morgan fingerprint density at radius 3 is 2.88 bits per heavy atom. The van der Waals surface area contributed by atoms with Gasteiger partial charge in [-0.2, -0.15) is 13.9 Å². The first kappa shape index (κ1) is 17.3. The fourth-order valence-electron chi connectivity index (χ4n) is 2.94. The number of rotatable bonds is 5. The van der Waals surface area contributed by atoms with E-state index in [1.165, 1.54) is 6.07 Å². The highest BCUT2D eigenvalue weighted by Gasteiger charge is 2.34. The number of nitrogens with zero attached hydrogens (tertiary/aromatic N) is 2. The van der Waals surface area contributed by atoms with Gasteiger partial charge in [0.05, 0.1) is 12.1 Å². The van der Waals surface area contributed by atoms with Gasteiger partial charge in [-0.3, -0.25) is 9.48 Å². The molecule has 1 aliphatic rings. The molecule has 0 saturated carbocycles. The van der Waals surface area contributed by atoms with Crippen LogP contribution in [0.3, 0.4) is 0 Å². The average Bonchev–Trinajstić information content (AvgIpc) is 3.18. The van der Waals surface area contributed by atoms with Gasteiger partial charge in [0.2, 0.25) is 5.91 Å². The van der Waals surface area contributed by atoms with Gasteiger partial charge in [-0.25, -0.2) is 4.39 Å². The maximum absolute atomic E-state index is 13.7. The molecule has 1 fully saturated rings. The first-order valence-electron chi connectivity index (χ1n) is 7.68. The number of benzene rings is 1. The number of halogens is 3. The molecule has 0 bridgehead atoms. The van der Waals surface area contributed by atoms with E-state index >= 15 is 0 Å². The largest absolute Gasteiger partial charge is 0.432 e. The van der Waals surface area contributed by atoms with Crippen molar-refractivity contribution in [3.8, 4) is 5.75 Å². The van der Waals surface area contributed by atoms with Crippen LogP contribution in [0.25, 0.3) is 0 Å². The Kier molecular flexibility index (Phi) is 4.93. The molecule has 25 heavy (non-hydrogen) atoms. The van der Waals surface area contributed by atoms with E-state index in [-0.39, 0.29) is 23.4 Å². The number of hydrogen-bond acceptors (Lipinski definition) is 4. The molecule has 9 heteroatoms. The van der Waals surface area contributed by atoms with Crippen LogP contribution in [0.5, 0.6) is 5.75 Å². The SMILES string of the molecule is Cn1cc([C@H]2CNC[C@@H]2C(=O)Nc2ccc(OC(F)F)c(F)c2)cn1. The number of ether oxygens (including phenoxy) is 1. The Hall–Kier alpha value is -2.55. The number of carbonyl (C=O) groups is 1. The fraction of sp³-hybridized carbons (Fsp3) is 0.375. The fourth-order valence-corrected chi connectivity index (χ4v) is 2.94. The molecular formula is C16H17F3N4O2. The second-order valence-corrected chi connectivity index (χ2v) is 5.83. The van der Waals surface area contributed by atoms with Crippen molar-refractivity contribution in [2.45, 2.75) is 12.5 Å². The molecule has 0 radical (unpaired) electrons. The summed E-state index contributed by atoms with van der Waals surface area (Å²) >= 11 is 0.